The Bertz CT molecular complexity index is 451. The van der Waals surface area contributed by atoms with Crippen molar-refractivity contribution in [3.8, 4) is 5.75 Å². The minimum absolute atomic E-state index is 0.0745. The van der Waals surface area contributed by atoms with E-state index in [-0.39, 0.29) is 12.5 Å². The zero-order valence-electron chi connectivity index (χ0n) is 9.83. The van der Waals surface area contributed by atoms with Gasteiger partial charge in [-0.15, -0.1) is 0 Å². The molecule has 0 saturated heterocycles. The third kappa shape index (κ3) is 4.01. The third-order valence-corrected chi connectivity index (χ3v) is 2.68. The van der Waals surface area contributed by atoms with Gasteiger partial charge in [0.2, 0.25) is 0 Å². The van der Waals surface area contributed by atoms with Crippen LogP contribution in [0.15, 0.2) is 22.7 Å². The van der Waals surface area contributed by atoms with E-state index in [1.54, 1.807) is 18.2 Å². The number of carbonyl (C=O) groups excluding carboxylic acids is 2. The van der Waals surface area contributed by atoms with Crippen molar-refractivity contribution in [1.29, 1.82) is 0 Å². The topological polar surface area (TPSA) is 93.4 Å². The van der Waals surface area contributed by atoms with Gasteiger partial charge < -0.3 is 10.1 Å². The Labute approximate surface area is 113 Å². The number of nitrogens with one attached hydrogen (secondary N) is 2. The fraction of sp³-hybridized carbons (Fsp3) is 0.273. The number of nitrogen functional groups attached to an aromatic ring is 1. The van der Waals surface area contributed by atoms with E-state index in [9.17, 15) is 9.59 Å². The molecule has 6 nitrogen and oxygen atoms in total. The number of hydrogen-bond donors (Lipinski definition) is 3. The Morgan fingerprint density at radius 2 is 2.17 bits per heavy atom. The van der Waals surface area contributed by atoms with Crippen molar-refractivity contribution >= 4 is 27.7 Å². The standard InChI is InChI=1S/C11H14BrN3O3/c1-2-14-10(16)6-18-9-4-3-7(5-8(9)12)11(17)15-13/h3-5H,2,6,13H2,1H3,(H,14,16)(H,15,17). The van der Waals surface area contributed by atoms with Crippen LogP contribution in [0.25, 0.3) is 0 Å². The van der Waals surface area contributed by atoms with Gasteiger partial charge in [-0.1, -0.05) is 0 Å². The van der Waals surface area contributed by atoms with Crippen molar-refractivity contribution in [2.45, 2.75) is 6.92 Å². The number of amides is 2. The number of halogens is 1. The molecule has 0 atom stereocenters. The van der Waals surface area contributed by atoms with Crippen LogP contribution >= 0.6 is 15.9 Å². The minimum atomic E-state index is -0.397. The molecule has 7 heteroatoms. The monoisotopic (exact) mass is 315 g/mol. The lowest BCUT2D eigenvalue weighted by atomic mass is 10.2. The van der Waals surface area contributed by atoms with Crippen molar-refractivity contribution in [3.05, 3.63) is 28.2 Å². The smallest absolute Gasteiger partial charge is 0.265 e. The molecule has 0 aromatic heterocycles. The zero-order valence-corrected chi connectivity index (χ0v) is 11.4. The van der Waals surface area contributed by atoms with E-state index in [2.05, 4.69) is 21.2 Å². The van der Waals surface area contributed by atoms with E-state index >= 15 is 0 Å². The fourth-order valence-corrected chi connectivity index (χ4v) is 1.73. The predicted octanol–water partition coefficient (Wildman–Crippen LogP) is 0.568. The molecule has 0 aliphatic rings. The fourth-order valence-electron chi connectivity index (χ4n) is 1.23. The quantitative estimate of drug-likeness (QED) is 0.420. The molecule has 0 heterocycles. The number of nitrogens with two attached hydrogens (primary N) is 1. The summed E-state index contributed by atoms with van der Waals surface area (Å²) in [6.45, 7) is 2.31. The lowest BCUT2D eigenvalue weighted by Crippen LogP contribution is -2.30. The number of hydrazine groups is 1. The van der Waals surface area contributed by atoms with Gasteiger partial charge in [0, 0.05) is 12.1 Å². The summed E-state index contributed by atoms with van der Waals surface area (Å²) in [7, 11) is 0. The number of hydrogen-bond acceptors (Lipinski definition) is 4. The Kier molecular flexibility index (Phi) is 5.60. The average Bonchev–Trinajstić information content (AvgIpc) is 2.36. The highest BCUT2D eigenvalue weighted by Gasteiger charge is 2.09. The number of benzene rings is 1. The van der Waals surface area contributed by atoms with Crippen molar-refractivity contribution in [3.63, 3.8) is 0 Å². The SMILES string of the molecule is CCNC(=O)COc1ccc(C(=O)NN)cc1Br. The Hall–Kier alpha value is -1.60. The van der Waals surface area contributed by atoms with Crippen LogP contribution in [0.1, 0.15) is 17.3 Å². The number of ether oxygens (including phenoxy) is 1. The molecule has 0 bridgehead atoms. The normalized spacial score (nSPS) is 9.72. The van der Waals surface area contributed by atoms with E-state index < -0.39 is 5.91 Å². The number of rotatable bonds is 5. The van der Waals surface area contributed by atoms with Crippen molar-refractivity contribution in [2.24, 2.45) is 5.84 Å². The second-order valence-electron chi connectivity index (χ2n) is 3.36. The van der Waals surface area contributed by atoms with Gasteiger partial charge in [0.05, 0.1) is 4.47 Å². The molecule has 1 aromatic rings. The summed E-state index contributed by atoms with van der Waals surface area (Å²) in [4.78, 5) is 22.5. The minimum Gasteiger partial charge on any atom is -0.483 e. The van der Waals surface area contributed by atoms with Crippen molar-refractivity contribution in [1.82, 2.24) is 10.7 Å². The van der Waals surface area contributed by atoms with Gasteiger partial charge in [0.1, 0.15) is 5.75 Å². The largest absolute Gasteiger partial charge is 0.483 e. The molecule has 1 aromatic carbocycles. The Morgan fingerprint density at radius 3 is 2.72 bits per heavy atom. The highest BCUT2D eigenvalue weighted by Crippen LogP contribution is 2.25. The van der Waals surface area contributed by atoms with Crippen molar-refractivity contribution in [2.75, 3.05) is 13.2 Å². The molecule has 0 fully saturated rings. The highest BCUT2D eigenvalue weighted by molar-refractivity contribution is 9.10. The maximum absolute atomic E-state index is 11.3. The predicted molar refractivity (Wildman–Crippen MR) is 70.0 cm³/mol. The highest BCUT2D eigenvalue weighted by atomic mass is 79.9. The maximum atomic E-state index is 11.3. The second-order valence-corrected chi connectivity index (χ2v) is 4.22. The van der Waals surface area contributed by atoms with Crippen LogP contribution in [0.4, 0.5) is 0 Å². The van der Waals surface area contributed by atoms with Gasteiger partial charge >= 0.3 is 0 Å². The molecular weight excluding hydrogens is 302 g/mol. The molecule has 0 unspecified atom stereocenters. The van der Waals surface area contributed by atoms with Gasteiger partial charge in [-0.3, -0.25) is 15.0 Å². The van der Waals surface area contributed by atoms with Gasteiger partial charge in [0.25, 0.3) is 11.8 Å². The molecule has 98 valence electrons. The summed E-state index contributed by atoms with van der Waals surface area (Å²) in [5.41, 5.74) is 2.43. The lowest BCUT2D eigenvalue weighted by molar-refractivity contribution is -0.122. The van der Waals surface area contributed by atoms with Crippen LogP contribution in [-0.2, 0) is 4.79 Å². The van der Waals surface area contributed by atoms with E-state index in [1.807, 2.05) is 12.3 Å². The third-order valence-electron chi connectivity index (χ3n) is 2.06. The molecule has 0 saturated carbocycles. The van der Waals surface area contributed by atoms with Gasteiger partial charge in [-0.2, -0.15) is 0 Å². The number of carbonyl (C=O) groups is 2. The van der Waals surface area contributed by atoms with E-state index in [0.717, 1.165) is 0 Å². The average molecular weight is 316 g/mol. The molecule has 0 aliphatic heterocycles. The molecule has 0 radical (unpaired) electrons. The first kappa shape index (κ1) is 14.5. The molecule has 0 aliphatic carbocycles. The second kappa shape index (κ2) is 6.97. The summed E-state index contributed by atoms with van der Waals surface area (Å²) < 4.78 is 5.87. The van der Waals surface area contributed by atoms with Crippen LogP contribution in [0.2, 0.25) is 0 Å². The Morgan fingerprint density at radius 1 is 1.44 bits per heavy atom. The zero-order chi connectivity index (χ0) is 13.5. The first-order valence-electron chi connectivity index (χ1n) is 5.28. The number of likely N-dealkylation sites (N-methyl/N-ethyl adjacent to an activating group) is 1. The lowest BCUT2D eigenvalue weighted by Gasteiger charge is -2.09. The first-order chi connectivity index (χ1) is 8.58. The molecule has 0 spiro atoms. The van der Waals surface area contributed by atoms with E-state index in [0.29, 0.717) is 22.3 Å². The van der Waals surface area contributed by atoms with Crippen molar-refractivity contribution < 1.29 is 14.3 Å². The van der Waals surface area contributed by atoms with Gasteiger partial charge in [-0.05, 0) is 41.1 Å². The molecule has 1 rings (SSSR count). The summed E-state index contributed by atoms with van der Waals surface area (Å²) in [5, 5.41) is 2.61. The molecule has 18 heavy (non-hydrogen) atoms. The van der Waals surface area contributed by atoms with Crippen LogP contribution in [0, 0.1) is 0 Å². The van der Waals surface area contributed by atoms with Crippen LogP contribution in [-0.4, -0.2) is 25.0 Å². The van der Waals surface area contributed by atoms with Gasteiger partial charge in [-0.25, -0.2) is 5.84 Å². The van der Waals surface area contributed by atoms with E-state index in [1.165, 1.54) is 0 Å². The summed E-state index contributed by atoms with van der Waals surface area (Å²) in [6.07, 6.45) is 0. The van der Waals surface area contributed by atoms with Crippen LogP contribution < -0.4 is 21.3 Å². The summed E-state index contributed by atoms with van der Waals surface area (Å²) in [5.74, 6) is 4.91. The molecule has 2 amide bonds. The first-order valence-corrected chi connectivity index (χ1v) is 6.07. The maximum Gasteiger partial charge on any atom is 0.265 e. The Balaban J connectivity index is 2.68. The summed E-state index contributed by atoms with van der Waals surface area (Å²) >= 11 is 3.26. The molecular formula is C11H14BrN3O3. The molecule has 4 N–H and O–H groups in total. The van der Waals surface area contributed by atoms with E-state index in [4.69, 9.17) is 10.6 Å². The van der Waals surface area contributed by atoms with Crippen LogP contribution in [0.5, 0.6) is 5.75 Å². The summed E-state index contributed by atoms with van der Waals surface area (Å²) in [6, 6.07) is 4.71. The van der Waals surface area contributed by atoms with Gasteiger partial charge in [0.15, 0.2) is 6.61 Å². The van der Waals surface area contributed by atoms with Crippen LogP contribution in [0.3, 0.4) is 0 Å².